The molecule has 2 aromatic carbocycles. The van der Waals surface area contributed by atoms with Crippen LogP contribution >= 0.6 is 0 Å². The Labute approximate surface area is 99.0 Å². The van der Waals surface area contributed by atoms with Gasteiger partial charge in [-0.15, -0.1) is 0 Å². The molecule has 2 aromatic rings. The van der Waals surface area contributed by atoms with Gasteiger partial charge in [0, 0.05) is 5.69 Å². The Balaban J connectivity index is 2.25. The lowest BCUT2D eigenvalue weighted by atomic mass is 10.2. The van der Waals surface area contributed by atoms with Crippen LogP contribution in [0.2, 0.25) is 0 Å². The van der Waals surface area contributed by atoms with E-state index in [1.54, 1.807) is 43.5 Å². The highest BCUT2D eigenvalue weighted by atomic mass is 19.1. The highest BCUT2D eigenvalue weighted by molar-refractivity contribution is 5.73. The summed E-state index contributed by atoms with van der Waals surface area (Å²) in [6.07, 6.45) is 0. The summed E-state index contributed by atoms with van der Waals surface area (Å²) in [7, 11) is 1.59. The molecule has 0 saturated carbocycles. The lowest BCUT2D eigenvalue weighted by Crippen LogP contribution is -1.99. The van der Waals surface area contributed by atoms with E-state index in [1.807, 2.05) is 0 Å². The topological polar surface area (TPSA) is 47.3 Å². The van der Waals surface area contributed by atoms with Crippen LogP contribution in [-0.2, 0) is 0 Å². The Morgan fingerprint density at radius 1 is 1.12 bits per heavy atom. The van der Waals surface area contributed by atoms with Gasteiger partial charge >= 0.3 is 0 Å². The first kappa shape index (κ1) is 11.3. The molecular formula is C13H13FN2O. The summed E-state index contributed by atoms with van der Waals surface area (Å²) in [5, 5.41) is 2.94. The smallest absolute Gasteiger partial charge is 0.148 e. The number of nitrogens with one attached hydrogen (secondary N) is 1. The molecule has 0 spiro atoms. The molecular weight excluding hydrogens is 219 g/mol. The molecule has 4 heteroatoms. The Kier molecular flexibility index (Phi) is 3.14. The number of benzene rings is 2. The van der Waals surface area contributed by atoms with Gasteiger partial charge in [0.1, 0.15) is 11.6 Å². The predicted molar refractivity (Wildman–Crippen MR) is 67.1 cm³/mol. The van der Waals surface area contributed by atoms with Gasteiger partial charge in [0.15, 0.2) is 0 Å². The van der Waals surface area contributed by atoms with Crippen molar-refractivity contribution in [3.8, 4) is 5.75 Å². The minimum absolute atomic E-state index is 0.290. The van der Waals surface area contributed by atoms with Crippen molar-refractivity contribution in [3.05, 3.63) is 48.3 Å². The third-order valence-electron chi connectivity index (χ3n) is 2.41. The van der Waals surface area contributed by atoms with Crippen molar-refractivity contribution < 1.29 is 9.13 Å². The maximum Gasteiger partial charge on any atom is 0.148 e. The number of para-hydroxylation sites is 1. The molecule has 0 aromatic heterocycles. The summed E-state index contributed by atoms with van der Waals surface area (Å²) < 4.78 is 18.6. The SMILES string of the molecule is COc1ccc(Nc2c(N)cccc2F)cc1. The van der Waals surface area contributed by atoms with E-state index in [1.165, 1.54) is 6.07 Å². The minimum Gasteiger partial charge on any atom is -0.497 e. The van der Waals surface area contributed by atoms with Crippen LogP contribution < -0.4 is 15.8 Å². The average molecular weight is 232 g/mol. The number of methoxy groups -OCH3 is 1. The third kappa shape index (κ3) is 2.47. The van der Waals surface area contributed by atoms with Gasteiger partial charge in [-0.2, -0.15) is 0 Å². The van der Waals surface area contributed by atoms with Gasteiger partial charge in [0.05, 0.1) is 18.5 Å². The number of nitrogens with two attached hydrogens (primary N) is 1. The van der Waals surface area contributed by atoms with E-state index in [0.717, 1.165) is 11.4 Å². The Morgan fingerprint density at radius 3 is 2.41 bits per heavy atom. The number of anilines is 3. The lowest BCUT2D eigenvalue weighted by Gasteiger charge is -2.10. The molecule has 0 aliphatic heterocycles. The Bertz CT molecular complexity index is 491. The van der Waals surface area contributed by atoms with Crippen molar-refractivity contribution in [1.82, 2.24) is 0 Å². The molecule has 0 bridgehead atoms. The molecule has 0 amide bonds. The first-order valence-corrected chi connectivity index (χ1v) is 5.16. The van der Waals surface area contributed by atoms with E-state index < -0.39 is 0 Å². The number of ether oxygens (including phenoxy) is 1. The van der Waals surface area contributed by atoms with Gasteiger partial charge in [0.25, 0.3) is 0 Å². The molecule has 3 N–H and O–H groups in total. The van der Waals surface area contributed by atoms with Gasteiger partial charge in [0.2, 0.25) is 0 Å². The highest BCUT2D eigenvalue weighted by Crippen LogP contribution is 2.26. The maximum atomic E-state index is 13.5. The second-order valence-electron chi connectivity index (χ2n) is 3.56. The second-order valence-corrected chi connectivity index (χ2v) is 3.56. The summed E-state index contributed by atoms with van der Waals surface area (Å²) in [6.45, 7) is 0. The van der Waals surface area contributed by atoms with Gasteiger partial charge < -0.3 is 15.8 Å². The standard InChI is InChI=1S/C13H13FN2O/c1-17-10-7-5-9(6-8-10)16-13-11(14)3-2-4-12(13)15/h2-8,16H,15H2,1H3. The Hall–Kier alpha value is -2.23. The zero-order chi connectivity index (χ0) is 12.3. The van der Waals surface area contributed by atoms with Crippen molar-refractivity contribution in [3.63, 3.8) is 0 Å². The monoisotopic (exact) mass is 232 g/mol. The molecule has 3 nitrogen and oxygen atoms in total. The van der Waals surface area contributed by atoms with Crippen molar-refractivity contribution in [1.29, 1.82) is 0 Å². The predicted octanol–water partition coefficient (Wildman–Crippen LogP) is 3.16. The second kappa shape index (κ2) is 4.74. The minimum atomic E-state index is -0.374. The Morgan fingerprint density at radius 2 is 1.82 bits per heavy atom. The summed E-state index contributed by atoms with van der Waals surface area (Å²) >= 11 is 0. The van der Waals surface area contributed by atoms with E-state index in [9.17, 15) is 4.39 Å². The molecule has 0 heterocycles. The van der Waals surface area contributed by atoms with E-state index >= 15 is 0 Å². The lowest BCUT2D eigenvalue weighted by molar-refractivity contribution is 0.415. The fraction of sp³-hybridized carbons (Fsp3) is 0.0769. The van der Waals surface area contributed by atoms with Crippen molar-refractivity contribution in [2.24, 2.45) is 0 Å². The summed E-state index contributed by atoms with van der Waals surface area (Å²) in [4.78, 5) is 0. The summed E-state index contributed by atoms with van der Waals surface area (Å²) in [5.41, 5.74) is 7.12. The number of rotatable bonds is 3. The maximum absolute atomic E-state index is 13.5. The normalized spacial score (nSPS) is 10.0. The van der Waals surface area contributed by atoms with Crippen LogP contribution in [0.1, 0.15) is 0 Å². The largest absolute Gasteiger partial charge is 0.497 e. The molecule has 17 heavy (non-hydrogen) atoms. The van der Waals surface area contributed by atoms with Crippen LogP contribution in [0.5, 0.6) is 5.75 Å². The zero-order valence-corrected chi connectivity index (χ0v) is 9.41. The fourth-order valence-electron chi connectivity index (χ4n) is 1.49. The summed E-state index contributed by atoms with van der Waals surface area (Å²) in [6, 6.07) is 11.8. The fourth-order valence-corrected chi connectivity index (χ4v) is 1.49. The van der Waals surface area contributed by atoms with Crippen LogP contribution in [-0.4, -0.2) is 7.11 Å². The molecule has 2 rings (SSSR count). The van der Waals surface area contributed by atoms with Crippen molar-refractivity contribution >= 4 is 17.1 Å². The van der Waals surface area contributed by atoms with Gasteiger partial charge in [-0.1, -0.05) is 6.07 Å². The quantitative estimate of drug-likeness (QED) is 0.799. The highest BCUT2D eigenvalue weighted by Gasteiger charge is 2.05. The van der Waals surface area contributed by atoms with Crippen LogP contribution in [0.3, 0.4) is 0 Å². The third-order valence-corrected chi connectivity index (χ3v) is 2.41. The average Bonchev–Trinajstić information content (AvgIpc) is 2.35. The van der Waals surface area contributed by atoms with Gasteiger partial charge in [-0.25, -0.2) is 4.39 Å². The zero-order valence-electron chi connectivity index (χ0n) is 9.41. The summed E-state index contributed by atoms with van der Waals surface area (Å²) in [5.74, 6) is 0.373. The van der Waals surface area contributed by atoms with Gasteiger partial charge in [-0.05, 0) is 36.4 Å². The molecule has 88 valence electrons. The molecule has 0 saturated heterocycles. The number of halogens is 1. The molecule has 0 aliphatic carbocycles. The van der Waals surface area contributed by atoms with E-state index in [2.05, 4.69) is 5.32 Å². The van der Waals surface area contributed by atoms with Crippen LogP contribution in [0, 0.1) is 5.82 Å². The first-order chi connectivity index (χ1) is 8.20. The van der Waals surface area contributed by atoms with Crippen molar-refractivity contribution in [2.45, 2.75) is 0 Å². The van der Waals surface area contributed by atoms with Gasteiger partial charge in [-0.3, -0.25) is 0 Å². The molecule has 0 unspecified atom stereocenters. The number of hydrogen-bond donors (Lipinski definition) is 2. The molecule has 0 atom stereocenters. The molecule has 0 fully saturated rings. The van der Waals surface area contributed by atoms with Crippen LogP contribution in [0.15, 0.2) is 42.5 Å². The number of hydrogen-bond acceptors (Lipinski definition) is 3. The van der Waals surface area contributed by atoms with Crippen LogP contribution in [0.4, 0.5) is 21.5 Å². The first-order valence-electron chi connectivity index (χ1n) is 5.16. The van der Waals surface area contributed by atoms with E-state index in [0.29, 0.717) is 5.69 Å². The van der Waals surface area contributed by atoms with E-state index in [4.69, 9.17) is 10.5 Å². The molecule has 0 aliphatic rings. The van der Waals surface area contributed by atoms with Crippen molar-refractivity contribution in [2.75, 3.05) is 18.2 Å². The number of nitrogen functional groups attached to an aromatic ring is 1. The van der Waals surface area contributed by atoms with Crippen LogP contribution in [0.25, 0.3) is 0 Å². The van der Waals surface area contributed by atoms with E-state index in [-0.39, 0.29) is 11.5 Å². The molecule has 0 radical (unpaired) electrons.